The van der Waals surface area contributed by atoms with Gasteiger partial charge in [-0.2, -0.15) is 0 Å². The molecule has 1 aliphatic carbocycles. The van der Waals surface area contributed by atoms with Gasteiger partial charge in [0.15, 0.2) is 11.5 Å². The summed E-state index contributed by atoms with van der Waals surface area (Å²) in [6, 6.07) is 15.4. The lowest BCUT2D eigenvalue weighted by Gasteiger charge is -2.28. The van der Waals surface area contributed by atoms with E-state index in [0.717, 1.165) is 36.1 Å². The van der Waals surface area contributed by atoms with Gasteiger partial charge in [-0.05, 0) is 31.9 Å². The Balaban J connectivity index is 1.47. The van der Waals surface area contributed by atoms with Crippen molar-refractivity contribution in [1.29, 1.82) is 0 Å². The van der Waals surface area contributed by atoms with Crippen molar-refractivity contribution in [3.63, 3.8) is 0 Å². The van der Waals surface area contributed by atoms with Gasteiger partial charge in [-0.25, -0.2) is 0 Å². The zero-order valence-corrected chi connectivity index (χ0v) is 16.7. The van der Waals surface area contributed by atoms with Crippen LogP contribution in [0.4, 0.5) is 0 Å². The Hall–Kier alpha value is -2.44. The van der Waals surface area contributed by atoms with Crippen molar-refractivity contribution in [2.24, 2.45) is 0 Å². The van der Waals surface area contributed by atoms with Crippen LogP contribution in [0.25, 0.3) is 11.3 Å². The molecule has 4 rings (SSSR count). The fourth-order valence-corrected chi connectivity index (χ4v) is 5.07. The maximum absolute atomic E-state index is 12.7. The van der Waals surface area contributed by atoms with Crippen LogP contribution < -0.4 is 5.32 Å². The highest BCUT2D eigenvalue weighted by Crippen LogP contribution is 2.44. The first kappa shape index (κ1) is 18.9. The van der Waals surface area contributed by atoms with E-state index >= 15 is 0 Å². The molecule has 1 saturated carbocycles. The highest BCUT2D eigenvalue weighted by molar-refractivity contribution is 7.12. The van der Waals surface area contributed by atoms with Crippen molar-refractivity contribution < 1.29 is 14.4 Å². The number of nitrogens with one attached hydrogen (secondary N) is 1. The molecule has 1 amide bonds. The van der Waals surface area contributed by atoms with E-state index in [4.69, 9.17) is 4.52 Å². The van der Waals surface area contributed by atoms with Crippen LogP contribution in [0.3, 0.4) is 0 Å². The van der Waals surface area contributed by atoms with Crippen LogP contribution in [-0.4, -0.2) is 22.7 Å². The van der Waals surface area contributed by atoms with Crippen molar-refractivity contribution in [2.45, 2.75) is 44.1 Å². The molecule has 0 spiro atoms. The van der Waals surface area contributed by atoms with Gasteiger partial charge in [0.1, 0.15) is 0 Å². The number of carbonyl (C=O) groups is 1. The Kier molecular flexibility index (Phi) is 5.33. The average Bonchev–Trinajstić information content (AvgIpc) is 3.47. The van der Waals surface area contributed by atoms with Gasteiger partial charge in [-0.3, -0.25) is 4.79 Å². The van der Waals surface area contributed by atoms with E-state index in [1.807, 2.05) is 36.4 Å². The second-order valence-electron chi connectivity index (χ2n) is 7.49. The number of aliphatic hydroxyl groups excluding tert-OH is 1. The fraction of sp³-hybridized carbons (Fsp3) is 0.364. The summed E-state index contributed by atoms with van der Waals surface area (Å²) in [7, 11) is 0. The van der Waals surface area contributed by atoms with E-state index in [1.165, 1.54) is 4.88 Å². The predicted octanol–water partition coefficient (Wildman–Crippen LogP) is 4.70. The molecule has 5 nitrogen and oxygen atoms in total. The number of carbonyl (C=O) groups excluding carboxylic acids is 1. The lowest BCUT2D eigenvalue weighted by molar-refractivity contribution is 0.0934. The predicted molar refractivity (Wildman–Crippen MR) is 109 cm³/mol. The molecule has 3 aromatic rings. The Morgan fingerprint density at radius 3 is 2.68 bits per heavy atom. The monoisotopic (exact) mass is 396 g/mol. The number of aliphatic hydroxyl groups is 1. The van der Waals surface area contributed by atoms with Gasteiger partial charge in [0.05, 0.1) is 6.10 Å². The molecule has 6 heteroatoms. The molecule has 0 unspecified atom stereocenters. The van der Waals surface area contributed by atoms with E-state index in [2.05, 4.69) is 16.5 Å². The van der Waals surface area contributed by atoms with Gasteiger partial charge in [-0.15, -0.1) is 11.3 Å². The van der Waals surface area contributed by atoms with Crippen molar-refractivity contribution in [3.8, 4) is 11.3 Å². The molecule has 2 aromatic heterocycles. The van der Waals surface area contributed by atoms with Crippen LogP contribution in [-0.2, 0) is 5.41 Å². The number of nitrogens with zero attached hydrogens (tertiary/aromatic N) is 1. The number of thiophene rings is 1. The summed E-state index contributed by atoms with van der Waals surface area (Å²) in [5.41, 5.74) is 1.13. The molecule has 28 heavy (non-hydrogen) atoms. The van der Waals surface area contributed by atoms with E-state index in [1.54, 1.807) is 24.3 Å². The Bertz CT molecular complexity index is 940. The topological polar surface area (TPSA) is 75.4 Å². The first-order valence-electron chi connectivity index (χ1n) is 9.66. The minimum atomic E-state index is -0.460. The zero-order valence-electron chi connectivity index (χ0n) is 15.9. The molecule has 2 heterocycles. The lowest BCUT2D eigenvalue weighted by Crippen LogP contribution is -2.38. The lowest BCUT2D eigenvalue weighted by atomic mass is 9.84. The normalized spacial score (nSPS) is 16.8. The second kappa shape index (κ2) is 7.89. The molecule has 1 aliphatic rings. The third-order valence-corrected chi connectivity index (χ3v) is 7.01. The highest BCUT2D eigenvalue weighted by atomic mass is 32.1. The van der Waals surface area contributed by atoms with Crippen molar-refractivity contribution in [1.82, 2.24) is 10.5 Å². The SMILES string of the molecule is C[C@@H](O)c1ccc(C2(CNC(=O)c3cc(-c4ccccc4)on3)CCCC2)s1. The zero-order chi connectivity index (χ0) is 19.6. The molecule has 0 aliphatic heterocycles. The van der Waals surface area contributed by atoms with Crippen LogP contribution in [0.15, 0.2) is 53.1 Å². The van der Waals surface area contributed by atoms with Crippen molar-refractivity contribution >= 4 is 17.2 Å². The molecular formula is C22H24N2O3S. The molecule has 1 atom stereocenters. The number of amides is 1. The summed E-state index contributed by atoms with van der Waals surface area (Å²) in [6.45, 7) is 2.35. The fourth-order valence-electron chi connectivity index (χ4n) is 3.89. The number of rotatable bonds is 6. The summed E-state index contributed by atoms with van der Waals surface area (Å²) in [5.74, 6) is 0.366. The van der Waals surface area contributed by atoms with Crippen LogP contribution in [0.5, 0.6) is 0 Å². The maximum Gasteiger partial charge on any atom is 0.273 e. The number of benzene rings is 1. The Labute approximate surface area is 168 Å². The Morgan fingerprint density at radius 2 is 2.00 bits per heavy atom. The van der Waals surface area contributed by atoms with Gasteiger partial charge < -0.3 is 14.9 Å². The standard InChI is InChI=1S/C22H24N2O3S/c1-15(25)19-9-10-20(28-19)22(11-5-6-12-22)14-23-21(26)17-13-18(27-24-17)16-7-3-2-4-8-16/h2-4,7-10,13,15,25H,5-6,11-12,14H2,1H3,(H,23,26)/t15-/m1/s1. The minimum absolute atomic E-state index is 0.0561. The molecule has 1 aromatic carbocycles. The van der Waals surface area contributed by atoms with E-state index in [-0.39, 0.29) is 11.3 Å². The van der Waals surface area contributed by atoms with Crippen LogP contribution in [0.1, 0.15) is 59.0 Å². The molecule has 0 saturated heterocycles. The number of aromatic nitrogens is 1. The van der Waals surface area contributed by atoms with Gasteiger partial charge >= 0.3 is 0 Å². The largest absolute Gasteiger partial charge is 0.388 e. The average molecular weight is 397 g/mol. The summed E-state index contributed by atoms with van der Waals surface area (Å²) >= 11 is 1.65. The van der Waals surface area contributed by atoms with Crippen LogP contribution >= 0.6 is 11.3 Å². The highest BCUT2D eigenvalue weighted by Gasteiger charge is 2.37. The first-order chi connectivity index (χ1) is 13.6. The van der Waals surface area contributed by atoms with E-state index in [0.29, 0.717) is 18.0 Å². The molecule has 0 radical (unpaired) electrons. The number of hydrogen-bond acceptors (Lipinski definition) is 5. The van der Waals surface area contributed by atoms with Crippen molar-refractivity contribution in [2.75, 3.05) is 6.54 Å². The summed E-state index contributed by atoms with van der Waals surface area (Å²) in [4.78, 5) is 14.9. The Morgan fingerprint density at radius 1 is 1.25 bits per heavy atom. The smallest absolute Gasteiger partial charge is 0.273 e. The molecular weight excluding hydrogens is 372 g/mol. The second-order valence-corrected chi connectivity index (χ2v) is 8.61. The molecule has 2 N–H and O–H groups in total. The maximum atomic E-state index is 12.7. The summed E-state index contributed by atoms with van der Waals surface area (Å²) in [5, 5.41) is 16.9. The minimum Gasteiger partial charge on any atom is -0.388 e. The third-order valence-electron chi connectivity index (χ3n) is 5.51. The van der Waals surface area contributed by atoms with E-state index < -0.39 is 6.10 Å². The molecule has 1 fully saturated rings. The van der Waals surface area contributed by atoms with Gasteiger partial charge in [0.25, 0.3) is 5.91 Å². The summed E-state index contributed by atoms with van der Waals surface area (Å²) < 4.78 is 5.35. The van der Waals surface area contributed by atoms with Crippen molar-refractivity contribution in [3.05, 3.63) is 64.0 Å². The molecule has 146 valence electrons. The van der Waals surface area contributed by atoms with Gasteiger partial charge in [0.2, 0.25) is 0 Å². The van der Waals surface area contributed by atoms with E-state index in [9.17, 15) is 9.90 Å². The summed E-state index contributed by atoms with van der Waals surface area (Å²) in [6.07, 6.45) is 3.93. The quantitative estimate of drug-likeness (QED) is 0.633. The number of hydrogen-bond donors (Lipinski definition) is 2. The van der Waals surface area contributed by atoms with Gasteiger partial charge in [-0.1, -0.05) is 48.3 Å². The van der Waals surface area contributed by atoms with Gasteiger partial charge in [0, 0.05) is 33.3 Å². The van der Waals surface area contributed by atoms with Crippen LogP contribution in [0.2, 0.25) is 0 Å². The first-order valence-corrected chi connectivity index (χ1v) is 10.5. The van der Waals surface area contributed by atoms with Crippen LogP contribution in [0, 0.1) is 0 Å². The third kappa shape index (κ3) is 3.75. The molecule has 0 bridgehead atoms.